The molecule has 0 spiro atoms. The molecule has 3 N–H and O–H groups in total. The second-order valence-corrected chi connectivity index (χ2v) is 4.77. The summed E-state index contributed by atoms with van der Waals surface area (Å²) in [6.45, 7) is 3.73. The summed E-state index contributed by atoms with van der Waals surface area (Å²) in [4.78, 5) is 1.20. The summed E-state index contributed by atoms with van der Waals surface area (Å²) in [7, 11) is 0. The average Bonchev–Trinajstić information content (AvgIpc) is 2.35. The molecular formula is C12H16N2OS. The highest BCUT2D eigenvalue weighted by molar-refractivity contribution is 7.99. The summed E-state index contributed by atoms with van der Waals surface area (Å²) in [6, 6.07) is 8.21. The van der Waals surface area contributed by atoms with E-state index in [0.29, 0.717) is 0 Å². The number of nitrogens with two attached hydrogens (primary N) is 1. The zero-order chi connectivity index (χ0) is 11.4. The Morgan fingerprint density at radius 1 is 1.62 bits per heavy atom. The monoisotopic (exact) mass is 236 g/mol. The molecule has 1 aromatic carbocycles. The molecule has 0 fully saturated rings. The van der Waals surface area contributed by atoms with Crippen molar-refractivity contribution in [3.8, 4) is 5.75 Å². The molecule has 2 unspecified atom stereocenters. The van der Waals surface area contributed by atoms with Crippen molar-refractivity contribution in [3.05, 3.63) is 36.9 Å². The van der Waals surface area contributed by atoms with Gasteiger partial charge in [0.1, 0.15) is 11.9 Å². The molecule has 0 amide bonds. The third-order valence-electron chi connectivity index (χ3n) is 2.61. The van der Waals surface area contributed by atoms with Gasteiger partial charge in [0.05, 0.1) is 6.04 Å². The Bertz CT molecular complexity index is 370. The maximum Gasteiger partial charge on any atom is 0.133 e. The largest absolute Gasteiger partial charge is 0.487 e. The van der Waals surface area contributed by atoms with Gasteiger partial charge in [-0.05, 0) is 18.6 Å². The number of fused-ring (bicyclic) bond motifs is 1. The molecule has 0 bridgehead atoms. The highest BCUT2D eigenvalue weighted by atomic mass is 32.2. The van der Waals surface area contributed by atoms with Crippen molar-refractivity contribution in [2.45, 2.75) is 23.5 Å². The van der Waals surface area contributed by atoms with Gasteiger partial charge in [0.25, 0.3) is 0 Å². The molecule has 4 heteroatoms. The number of hydrogen-bond acceptors (Lipinski definition) is 4. The van der Waals surface area contributed by atoms with Crippen LogP contribution in [0.1, 0.15) is 6.42 Å². The standard InChI is InChI=1S/C12H16N2OS/c1-2-5-9(14-13)11-8-16-12-7-4-3-6-10(12)15-11/h2-4,6-7,9,11,14H,1,5,8,13H2. The first-order valence-corrected chi connectivity index (χ1v) is 6.29. The molecule has 16 heavy (non-hydrogen) atoms. The Hall–Kier alpha value is -0.970. The lowest BCUT2D eigenvalue weighted by Crippen LogP contribution is -2.48. The van der Waals surface area contributed by atoms with E-state index in [-0.39, 0.29) is 12.1 Å². The van der Waals surface area contributed by atoms with Crippen molar-refractivity contribution in [2.24, 2.45) is 5.84 Å². The fourth-order valence-electron chi connectivity index (χ4n) is 1.74. The minimum absolute atomic E-state index is 0.0999. The van der Waals surface area contributed by atoms with Crippen LogP contribution in [0.3, 0.4) is 0 Å². The van der Waals surface area contributed by atoms with Crippen LogP contribution in [0, 0.1) is 0 Å². The highest BCUT2D eigenvalue weighted by Crippen LogP contribution is 2.35. The lowest BCUT2D eigenvalue weighted by Gasteiger charge is -2.30. The molecule has 1 heterocycles. The molecule has 1 aliphatic heterocycles. The van der Waals surface area contributed by atoms with Crippen molar-refractivity contribution in [3.63, 3.8) is 0 Å². The van der Waals surface area contributed by atoms with Crippen LogP contribution < -0.4 is 16.0 Å². The zero-order valence-corrected chi connectivity index (χ0v) is 9.87. The second kappa shape index (κ2) is 5.39. The fraction of sp³-hybridized carbons (Fsp3) is 0.333. The zero-order valence-electron chi connectivity index (χ0n) is 9.06. The van der Waals surface area contributed by atoms with Crippen LogP contribution in [0.5, 0.6) is 5.75 Å². The van der Waals surface area contributed by atoms with Crippen molar-refractivity contribution < 1.29 is 4.74 Å². The molecule has 0 aromatic heterocycles. The van der Waals surface area contributed by atoms with Gasteiger partial charge < -0.3 is 4.74 Å². The number of benzene rings is 1. The molecule has 1 aliphatic rings. The third kappa shape index (κ3) is 2.40. The smallest absolute Gasteiger partial charge is 0.133 e. The minimum Gasteiger partial charge on any atom is -0.487 e. The number of rotatable bonds is 4. The molecule has 2 atom stereocenters. The van der Waals surface area contributed by atoms with Gasteiger partial charge in [-0.25, -0.2) is 0 Å². The summed E-state index contributed by atoms with van der Waals surface area (Å²) in [5.41, 5.74) is 2.79. The van der Waals surface area contributed by atoms with Crippen LogP contribution in [-0.2, 0) is 0 Å². The van der Waals surface area contributed by atoms with Gasteiger partial charge in [0.2, 0.25) is 0 Å². The second-order valence-electron chi connectivity index (χ2n) is 3.71. The normalized spacial score (nSPS) is 20.7. The number of hydrazine groups is 1. The van der Waals surface area contributed by atoms with Crippen LogP contribution in [0.25, 0.3) is 0 Å². The summed E-state index contributed by atoms with van der Waals surface area (Å²) in [5.74, 6) is 7.39. The molecule has 3 nitrogen and oxygen atoms in total. The lowest BCUT2D eigenvalue weighted by molar-refractivity contribution is 0.167. The van der Waals surface area contributed by atoms with Crippen LogP contribution in [0.2, 0.25) is 0 Å². The Morgan fingerprint density at radius 2 is 2.44 bits per heavy atom. The molecule has 0 radical (unpaired) electrons. The van der Waals surface area contributed by atoms with Gasteiger partial charge in [0, 0.05) is 10.6 Å². The van der Waals surface area contributed by atoms with E-state index in [1.165, 1.54) is 4.90 Å². The SMILES string of the molecule is C=CCC(NN)C1CSc2ccccc2O1. The number of para-hydroxylation sites is 1. The topological polar surface area (TPSA) is 47.3 Å². The van der Waals surface area contributed by atoms with Crippen molar-refractivity contribution in [2.75, 3.05) is 5.75 Å². The van der Waals surface area contributed by atoms with Crippen LogP contribution >= 0.6 is 11.8 Å². The molecule has 0 saturated heterocycles. The number of ether oxygens (including phenoxy) is 1. The molecule has 86 valence electrons. The Balaban J connectivity index is 2.09. The van der Waals surface area contributed by atoms with Gasteiger partial charge in [-0.15, -0.1) is 18.3 Å². The first kappa shape index (κ1) is 11.5. The maximum atomic E-state index is 5.93. The van der Waals surface area contributed by atoms with E-state index in [4.69, 9.17) is 10.6 Å². The van der Waals surface area contributed by atoms with E-state index >= 15 is 0 Å². The fourth-order valence-corrected chi connectivity index (χ4v) is 2.82. The lowest BCUT2D eigenvalue weighted by atomic mass is 10.1. The van der Waals surface area contributed by atoms with Crippen LogP contribution in [0.15, 0.2) is 41.8 Å². The van der Waals surface area contributed by atoms with Gasteiger partial charge in [-0.2, -0.15) is 0 Å². The van der Waals surface area contributed by atoms with E-state index in [1.807, 2.05) is 36.0 Å². The Kier molecular flexibility index (Phi) is 3.88. The van der Waals surface area contributed by atoms with Gasteiger partial charge in [-0.3, -0.25) is 11.3 Å². The molecule has 2 rings (SSSR count). The maximum absolute atomic E-state index is 5.93. The number of nitrogens with one attached hydrogen (secondary N) is 1. The van der Waals surface area contributed by atoms with Crippen molar-refractivity contribution in [1.29, 1.82) is 0 Å². The first-order valence-electron chi connectivity index (χ1n) is 5.30. The molecule has 0 aliphatic carbocycles. The molecule has 1 aromatic rings. The predicted octanol–water partition coefficient (Wildman–Crippen LogP) is 1.95. The van der Waals surface area contributed by atoms with Crippen molar-refractivity contribution in [1.82, 2.24) is 5.43 Å². The van der Waals surface area contributed by atoms with Crippen molar-refractivity contribution >= 4 is 11.8 Å². The van der Waals surface area contributed by atoms with Crippen LogP contribution in [-0.4, -0.2) is 17.9 Å². The van der Waals surface area contributed by atoms with Gasteiger partial charge >= 0.3 is 0 Å². The third-order valence-corrected chi connectivity index (χ3v) is 3.76. The summed E-state index contributed by atoms with van der Waals surface area (Å²) >= 11 is 1.81. The molecule has 0 saturated carbocycles. The highest BCUT2D eigenvalue weighted by Gasteiger charge is 2.26. The van der Waals surface area contributed by atoms with Gasteiger partial charge in [-0.1, -0.05) is 18.2 Å². The van der Waals surface area contributed by atoms with E-state index in [2.05, 4.69) is 18.1 Å². The summed E-state index contributed by atoms with van der Waals surface area (Å²) < 4.78 is 5.93. The average molecular weight is 236 g/mol. The van der Waals surface area contributed by atoms with E-state index in [1.54, 1.807) is 0 Å². The Morgan fingerprint density at radius 3 is 3.19 bits per heavy atom. The van der Waals surface area contributed by atoms with E-state index in [0.717, 1.165) is 17.9 Å². The van der Waals surface area contributed by atoms with Gasteiger partial charge in [0.15, 0.2) is 0 Å². The first-order chi connectivity index (χ1) is 7.85. The summed E-state index contributed by atoms with van der Waals surface area (Å²) in [5, 5.41) is 0. The van der Waals surface area contributed by atoms with Crippen LogP contribution in [0.4, 0.5) is 0 Å². The predicted molar refractivity (Wildman–Crippen MR) is 67.5 cm³/mol. The minimum atomic E-state index is 0.0999. The quantitative estimate of drug-likeness (QED) is 0.476. The van der Waals surface area contributed by atoms with E-state index in [9.17, 15) is 0 Å². The number of hydrogen-bond donors (Lipinski definition) is 2. The Labute approximate surface area is 100 Å². The number of thioether (sulfide) groups is 1. The molecular weight excluding hydrogens is 220 g/mol. The van der Waals surface area contributed by atoms with E-state index < -0.39 is 0 Å². The summed E-state index contributed by atoms with van der Waals surface area (Å²) in [6.07, 6.45) is 2.77.